The summed E-state index contributed by atoms with van der Waals surface area (Å²) in [6.45, 7) is 0.652. The third-order valence-corrected chi connectivity index (χ3v) is 3.88. The van der Waals surface area contributed by atoms with E-state index in [1.807, 2.05) is 34.9 Å². The minimum atomic E-state index is 0.558. The first-order valence-corrected chi connectivity index (χ1v) is 7.37. The molecule has 0 unspecified atom stereocenters. The second-order valence-electron chi connectivity index (χ2n) is 5.29. The second kappa shape index (κ2) is 5.00. The molecule has 1 N–H and O–H groups in total. The lowest BCUT2D eigenvalue weighted by molar-refractivity contribution is 0.894. The maximum Gasteiger partial charge on any atom is 0.203 e. The molecule has 6 heteroatoms. The van der Waals surface area contributed by atoms with E-state index >= 15 is 0 Å². The molecular weight excluding hydrogens is 286 g/mol. The average molecular weight is 300 g/mol. The quantitative estimate of drug-likeness (QED) is 0.803. The van der Waals surface area contributed by atoms with Crippen molar-refractivity contribution in [2.45, 2.75) is 25.3 Å². The van der Waals surface area contributed by atoms with E-state index in [-0.39, 0.29) is 0 Å². The fraction of sp³-hybridized carbons (Fsp3) is 0.267. The predicted octanol–water partition coefficient (Wildman–Crippen LogP) is 3.27. The maximum absolute atomic E-state index is 6.00. The van der Waals surface area contributed by atoms with Crippen LogP contribution in [0.15, 0.2) is 36.7 Å². The number of hydrogen-bond acceptors (Lipinski definition) is 4. The summed E-state index contributed by atoms with van der Waals surface area (Å²) in [6, 6.07) is 7.77. The number of benzene rings is 1. The van der Waals surface area contributed by atoms with Crippen LogP contribution in [0.3, 0.4) is 0 Å². The van der Waals surface area contributed by atoms with Crippen molar-refractivity contribution in [3.8, 4) is 0 Å². The molecule has 2 aromatic heterocycles. The Kier molecular flexibility index (Phi) is 3.00. The molecule has 0 atom stereocenters. The maximum atomic E-state index is 6.00. The summed E-state index contributed by atoms with van der Waals surface area (Å²) >= 11 is 6.00. The monoisotopic (exact) mass is 299 g/mol. The molecule has 3 aromatic rings. The summed E-state index contributed by atoms with van der Waals surface area (Å²) in [6.07, 6.45) is 6.11. The SMILES string of the molecule is Clc1cccc(CNc2nccn3c(C4CC4)nnc23)c1. The number of nitrogens with one attached hydrogen (secondary N) is 1. The molecule has 21 heavy (non-hydrogen) atoms. The third kappa shape index (κ3) is 2.45. The van der Waals surface area contributed by atoms with Crippen LogP contribution >= 0.6 is 11.6 Å². The van der Waals surface area contributed by atoms with Crippen molar-refractivity contribution < 1.29 is 0 Å². The molecule has 0 bridgehead atoms. The lowest BCUT2D eigenvalue weighted by Crippen LogP contribution is -2.04. The smallest absolute Gasteiger partial charge is 0.203 e. The van der Waals surface area contributed by atoms with Crippen molar-refractivity contribution in [2.75, 3.05) is 5.32 Å². The molecule has 4 rings (SSSR count). The number of nitrogens with zero attached hydrogens (tertiary/aromatic N) is 4. The van der Waals surface area contributed by atoms with E-state index in [0.29, 0.717) is 12.5 Å². The van der Waals surface area contributed by atoms with Gasteiger partial charge in [0.05, 0.1) is 0 Å². The molecule has 1 aliphatic carbocycles. The third-order valence-electron chi connectivity index (χ3n) is 3.64. The Hall–Kier alpha value is -2.14. The second-order valence-corrected chi connectivity index (χ2v) is 5.72. The normalized spacial score (nSPS) is 14.5. The molecule has 5 nitrogen and oxygen atoms in total. The molecule has 1 fully saturated rings. The number of anilines is 1. The molecule has 2 heterocycles. The standard InChI is InChI=1S/C15H14ClN5/c16-12-3-1-2-10(8-12)9-18-13-15-20-19-14(11-4-5-11)21(15)7-6-17-13/h1-3,6-8,11H,4-5,9H2,(H,17,18). The fourth-order valence-corrected chi connectivity index (χ4v) is 2.63. The summed E-state index contributed by atoms with van der Waals surface area (Å²) in [5.41, 5.74) is 1.88. The highest BCUT2D eigenvalue weighted by atomic mass is 35.5. The van der Waals surface area contributed by atoms with Crippen LogP contribution in [-0.2, 0) is 6.54 Å². The van der Waals surface area contributed by atoms with Gasteiger partial charge in [-0.1, -0.05) is 23.7 Å². The van der Waals surface area contributed by atoms with Crippen LogP contribution < -0.4 is 5.32 Å². The zero-order valence-corrected chi connectivity index (χ0v) is 12.1. The van der Waals surface area contributed by atoms with Gasteiger partial charge >= 0.3 is 0 Å². The Labute approximate surface area is 127 Å². The summed E-state index contributed by atoms with van der Waals surface area (Å²) < 4.78 is 2.03. The Morgan fingerprint density at radius 1 is 1.29 bits per heavy atom. The molecule has 1 aromatic carbocycles. The van der Waals surface area contributed by atoms with Gasteiger partial charge in [-0.3, -0.25) is 4.40 Å². The van der Waals surface area contributed by atoms with Gasteiger partial charge in [-0.15, -0.1) is 10.2 Å². The molecule has 0 amide bonds. The number of rotatable bonds is 4. The molecule has 1 aliphatic rings. The van der Waals surface area contributed by atoms with Crippen LogP contribution in [0.1, 0.15) is 30.1 Å². The van der Waals surface area contributed by atoms with Gasteiger partial charge in [0.15, 0.2) is 5.82 Å². The molecule has 0 spiro atoms. The van der Waals surface area contributed by atoms with Crippen LogP contribution in [0.25, 0.3) is 5.65 Å². The lowest BCUT2D eigenvalue weighted by Gasteiger charge is -2.07. The van der Waals surface area contributed by atoms with Crippen molar-refractivity contribution >= 4 is 23.1 Å². The van der Waals surface area contributed by atoms with Crippen molar-refractivity contribution in [3.05, 3.63) is 53.1 Å². The Bertz CT molecular complexity index is 794. The van der Waals surface area contributed by atoms with Crippen LogP contribution in [0.5, 0.6) is 0 Å². The topological polar surface area (TPSA) is 55.1 Å². The highest BCUT2D eigenvalue weighted by molar-refractivity contribution is 6.30. The van der Waals surface area contributed by atoms with Gasteiger partial charge in [0, 0.05) is 29.9 Å². The van der Waals surface area contributed by atoms with Crippen molar-refractivity contribution in [1.82, 2.24) is 19.6 Å². The van der Waals surface area contributed by atoms with Crippen molar-refractivity contribution in [2.24, 2.45) is 0 Å². The molecular formula is C15H14ClN5. The zero-order chi connectivity index (χ0) is 14.2. The Morgan fingerprint density at radius 3 is 3.00 bits per heavy atom. The van der Waals surface area contributed by atoms with Crippen molar-refractivity contribution in [1.29, 1.82) is 0 Å². The summed E-state index contributed by atoms with van der Waals surface area (Å²) in [5, 5.41) is 12.6. The van der Waals surface area contributed by atoms with Gasteiger partial charge in [-0.2, -0.15) is 0 Å². The van der Waals surface area contributed by atoms with Gasteiger partial charge in [-0.25, -0.2) is 4.98 Å². The highest BCUT2D eigenvalue weighted by Gasteiger charge is 2.29. The predicted molar refractivity (Wildman–Crippen MR) is 81.5 cm³/mol. The summed E-state index contributed by atoms with van der Waals surface area (Å²) in [7, 11) is 0. The van der Waals surface area contributed by atoms with Gasteiger partial charge < -0.3 is 5.32 Å². The number of aromatic nitrogens is 4. The van der Waals surface area contributed by atoms with Crippen LogP contribution in [0.4, 0.5) is 5.82 Å². The first kappa shape index (κ1) is 12.6. The number of fused-ring (bicyclic) bond motifs is 1. The van der Waals surface area contributed by atoms with E-state index < -0.39 is 0 Å². The van der Waals surface area contributed by atoms with Gasteiger partial charge in [0.1, 0.15) is 5.82 Å². The summed E-state index contributed by atoms with van der Waals surface area (Å²) in [5.74, 6) is 2.35. The number of hydrogen-bond donors (Lipinski definition) is 1. The van der Waals surface area contributed by atoms with Crippen LogP contribution in [0, 0.1) is 0 Å². The molecule has 1 saturated carbocycles. The molecule has 0 aliphatic heterocycles. The fourth-order valence-electron chi connectivity index (χ4n) is 2.42. The molecule has 0 saturated heterocycles. The Morgan fingerprint density at radius 2 is 2.19 bits per heavy atom. The van der Waals surface area contributed by atoms with E-state index in [0.717, 1.165) is 27.9 Å². The minimum Gasteiger partial charge on any atom is -0.363 e. The van der Waals surface area contributed by atoms with Gasteiger partial charge in [0.2, 0.25) is 5.65 Å². The van der Waals surface area contributed by atoms with Gasteiger partial charge in [0.25, 0.3) is 0 Å². The van der Waals surface area contributed by atoms with Crippen molar-refractivity contribution in [3.63, 3.8) is 0 Å². The van der Waals surface area contributed by atoms with Crippen LogP contribution in [0.2, 0.25) is 5.02 Å². The van der Waals surface area contributed by atoms with E-state index in [1.54, 1.807) is 6.20 Å². The molecule has 106 valence electrons. The van der Waals surface area contributed by atoms with E-state index in [1.165, 1.54) is 12.8 Å². The lowest BCUT2D eigenvalue weighted by atomic mass is 10.2. The minimum absolute atomic E-state index is 0.558. The van der Waals surface area contributed by atoms with E-state index in [4.69, 9.17) is 11.6 Å². The van der Waals surface area contributed by atoms with Gasteiger partial charge in [-0.05, 0) is 30.5 Å². The zero-order valence-electron chi connectivity index (χ0n) is 11.3. The number of halogens is 1. The first-order valence-electron chi connectivity index (χ1n) is 6.99. The first-order chi connectivity index (χ1) is 10.3. The van der Waals surface area contributed by atoms with Crippen LogP contribution in [-0.4, -0.2) is 19.6 Å². The molecule has 0 radical (unpaired) electrons. The van der Waals surface area contributed by atoms with E-state index in [2.05, 4.69) is 20.5 Å². The van der Waals surface area contributed by atoms with E-state index in [9.17, 15) is 0 Å². The Balaban J connectivity index is 1.61. The largest absolute Gasteiger partial charge is 0.363 e. The highest BCUT2D eigenvalue weighted by Crippen LogP contribution is 2.39. The summed E-state index contributed by atoms with van der Waals surface area (Å²) in [4.78, 5) is 4.37. The average Bonchev–Trinajstić information content (AvgIpc) is 3.24.